The molecule has 0 amide bonds. The Kier molecular flexibility index (Phi) is 4.56. The maximum Gasteiger partial charge on any atom is 0.217 e. The molecule has 4 heteroatoms. The Bertz CT molecular complexity index is 442. The fourth-order valence-electron chi connectivity index (χ4n) is 1.66. The van der Waals surface area contributed by atoms with E-state index in [4.69, 9.17) is 16.0 Å². The first kappa shape index (κ1) is 12.1. The number of aryl methyl sites for hydroxylation is 3. The van der Waals surface area contributed by atoms with Crippen LogP contribution in [0.4, 0.5) is 0 Å². The lowest BCUT2D eigenvalue weighted by atomic mass is 10.1. The number of halogens is 1. The second kappa shape index (κ2) is 6.40. The van der Waals surface area contributed by atoms with Crippen molar-refractivity contribution >= 4 is 11.6 Å². The molecular weight excluding hydrogens is 236 g/mol. The molecule has 0 aliphatic rings. The molecule has 17 heavy (non-hydrogen) atoms. The van der Waals surface area contributed by atoms with E-state index in [2.05, 4.69) is 34.5 Å². The number of hydrogen-bond acceptors (Lipinski definition) is 3. The number of rotatable bonds is 6. The lowest BCUT2D eigenvalue weighted by Gasteiger charge is -1.98. The maximum absolute atomic E-state index is 5.60. The van der Waals surface area contributed by atoms with Gasteiger partial charge in [-0.3, -0.25) is 0 Å². The summed E-state index contributed by atoms with van der Waals surface area (Å²) in [5, 5.41) is 7.92. The van der Waals surface area contributed by atoms with Crippen LogP contribution in [-0.2, 0) is 19.3 Å². The quantitative estimate of drug-likeness (QED) is 0.740. The molecular formula is C13H15ClN2O. The Morgan fingerprint density at radius 1 is 0.941 bits per heavy atom. The molecule has 0 spiro atoms. The van der Waals surface area contributed by atoms with Crippen molar-refractivity contribution in [3.8, 4) is 0 Å². The van der Waals surface area contributed by atoms with E-state index in [0.29, 0.717) is 24.1 Å². The molecule has 0 bridgehead atoms. The summed E-state index contributed by atoms with van der Waals surface area (Å²) in [6, 6.07) is 10.4. The SMILES string of the molecule is ClCCc1nnc(CCCc2ccccc2)o1. The molecule has 1 heterocycles. The molecule has 90 valence electrons. The zero-order valence-corrected chi connectivity index (χ0v) is 10.4. The monoisotopic (exact) mass is 250 g/mol. The number of aromatic nitrogens is 2. The lowest BCUT2D eigenvalue weighted by Crippen LogP contribution is -1.90. The molecule has 0 atom stereocenters. The van der Waals surface area contributed by atoms with Gasteiger partial charge < -0.3 is 4.42 Å². The van der Waals surface area contributed by atoms with Crippen molar-refractivity contribution in [1.82, 2.24) is 10.2 Å². The van der Waals surface area contributed by atoms with Crippen LogP contribution in [-0.4, -0.2) is 16.1 Å². The van der Waals surface area contributed by atoms with Crippen LogP contribution in [0.3, 0.4) is 0 Å². The van der Waals surface area contributed by atoms with Crippen molar-refractivity contribution in [3.05, 3.63) is 47.7 Å². The van der Waals surface area contributed by atoms with Crippen molar-refractivity contribution in [2.75, 3.05) is 5.88 Å². The largest absolute Gasteiger partial charge is 0.425 e. The predicted octanol–water partition coefficient (Wildman–Crippen LogP) is 3.03. The third kappa shape index (κ3) is 3.86. The lowest BCUT2D eigenvalue weighted by molar-refractivity contribution is 0.449. The first-order chi connectivity index (χ1) is 8.38. The van der Waals surface area contributed by atoms with E-state index in [0.717, 1.165) is 19.3 Å². The summed E-state index contributed by atoms with van der Waals surface area (Å²) in [5.74, 6) is 1.86. The van der Waals surface area contributed by atoms with Gasteiger partial charge in [-0.25, -0.2) is 0 Å². The third-order valence-electron chi connectivity index (χ3n) is 2.52. The molecule has 0 aliphatic heterocycles. The standard InChI is InChI=1S/C13H15ClN2O/c14-10-9-13-16-15-12(17-13)8-4-7-11-5-2-1-3-6-11/h1-3,5-6H,4,7-10H2. The van der Waals surface area contributed by atoms with Gasteiger partial charge in [0, 0.05) is 18.7 Å². The van der Waals surface area contributed by atoms with Gasteiger partial charge in [-0.1, -0.05) is 30.3 Å². The van der Waals surface area contributed by atoms with Crippen molar-refractivity contribution in [3.63, 3.8) is 0 Å². The van der Waals surface area contributed by atoms with Gasteiger partial charge in [-0.2, -0.15) is 0 Å². The van der Waals surface area contributed by atoms with Crippen LogP contribution in [0.2, 0.25) is 0 Å². The van der Waals surface area contributed by atoms with E-state index < -0.39 is 0 Å². The van der Waals surface area contributed by atoms with Crippen molar-refractivity contribution < 1.29 is 4.42 Å². The Labute approximate surface area is 106 Å². The van der Waals surface area contributed by atoms with Crippen LogP contribution in [0.5, 0.6) is 0 Å². The highest BCUT2D eigenvalue weighted by molar-refractivity contribution is 6.17. The minimum Gasteiger partial charge on any atom is -0.425 e. The second-order valence-corrected chi connectivity index (χ2v) is 4.25. The molecule has 0 aliphatic carbocycles. The third-order valence-corrected chi connectivity index (χ3v) is 2.70. The summed E-state index contributed by atoms with van der Waals surface area (Å²) >= 11 is 5.60. The highest BCUT2D eigenvalue weighted by Gasteiger charge is 2.05. The van der Waals surface area contributed by atoms with Crippen LogP contribution in [0.15, 0.2) is 34.7 Å². The average Bonchev–Trinajstić information content (AvgIpc) is 2.79. The van der Waals surface area contributed by atoms with Crippen LogP contribution in [0, 0.1) is 0 Å². The highest BCUT2D eigenvalue weighted by atomic mass is 35.5. The molecule has 0 fully saturated rings. The zero-order valence-electron chi connectivity index (χ0n) is 9.60. The fraction of sp³-hybridized carbons (Fsp3) is 0.385. The van der Waals surface area contributed by atoms with Gasteiger partial charge in [-0.05, 0) is 18.4 Å². The predicted molar refractivity (Wildman–Crippen MR) is 67.2 cm³/mol. The van der Waals surface area contributed by atoms with Gasteiger partial charge in [0.15, 0.2) is 0 Å². The second-order valence-electron chi connectivity index (χ2n) is 3.87. The van der Waals surface area contributed by atoms with Crippen LogP contribution in [0.1, 0.15) is 23.8 Å². The fourth-order valence-corrected chi connectivity index (χ4v) is 1.82. The summed E-state index contributed by atoms with van der Waals surface area (Å²) in [6.07, 6.45) is 3.53. The van der Waals surface area contributed by atoms with E-state index in [1.165, 1.54) is 5.56 Å². The summed E-state index contributed by atoms with van der Waals surface area (Å²) in [5.41, 5.74) is 1.34. The molecule has 3 nitrogen and oxygen atoms in total. The first-order valence-electron chi connectivity index (χ1n) is 5.79. The van der Waals surface area contributed by atoms with Crippen LogP contribution in [0.25, 0.3) is 0 Å². The molecule has 2 rings (SSSR count). The molecule has 0 unspecified atom stereocenters. The summed E-state index contributed by atoms with van der Waals surface area (Å²) in [6.45, 7) is 0. The van der Waals surface area contributed by atoms with E-state index in [1.807, 2.05) is 6.07 Å². The van der Waals surface area contributed by atoms with E-state index >= 15 is 0 Å². The smallest absolute Gasteiger partial charge is 0.217 e. The molecule has 2 aromatic rings. The van der Waals surface area contributed by atoms with Crippen LogP contribution < -0.4 is 0 Å². The van der Waals surface area contributed by atoms with Crippen LogP contribution >= 0.6 is 11.6 Å². The van der Waals surface area contributed by atoms with Crippen molar-refractivity contribution in [2.45, 2.75) is 25.7 Å². The summed E-state index contributed by atoms with van der Waals surface area (Å²) < 4.78 is 5.46. The summed E-state index contributed by atoms with van der Waals surface area (Å²) in [4.78, 5) is 0. The minimum atomic E-state index is 0.519. The Morgan fingerprint density at radius 3 is 2.35 bits per heavy atom. The molecule has 0 radical (unpaired) electrons. The Morgan fingerprint density at radius 2 is 1.65 bits per heavy atom. The van der Waals surface area contributed by atoms with E-state index in [1.54, 1.807) is 0 Å². The van der Waals surface area contributed by atoms with Gasteiger partial charge in [0.1, 0.15) is 0 Å². The Hall–Kier alpha value is -1.35. The van der Waals surface area contributed by atoms with Crippen molar-refractivity contribution in [1.29, 1.82) is 0 Å². The van der Waals surface area contributed by atoms with Gasteiger partial charge >= 0.3 is 0 Å². The summed E-state index contributed by atoms with van der Waals surface area (Å²) in [7, 11) is 0. The molecule has 0 N–H and O–H groups in total. The highest BCUT2D eigenvalue weighted by Crippen LogP contribution is 2.08. The number of benzene rings is 1. The maximum atomic E-state index is 5.60. The number of nitrogens with zero attached hydrogens (tertiary/aromatic N) is 2. The Balaban J connectivity index is 1.78. The first-order valence-corrected chi connectivity index (χ1v) is 6.33. The molecule has 1 aromatic heterocycles. The topological polar surface area (TPSA) is 38.9 Å². The van der Waals surface area contributed by atoms with Gasteiger partial charge in [-0.15, -0.1) is 21.8 Å². The number of hydrogen-bond donors (Lipinski definition) is 0. The minimum absolute atomic E-state index is 0.519. The molecule has 0 saturated carbocycles. The van der Waals surface area contributed by atoms with Crippen molar-refractivity contribution in [2.24, 2.45) is 0 Å². The van der Waals surface area contributed by atoms with Gasteiger partial charge in [0.2, 0.25) is 11.8 Å². The number of alkyl halides is 1. The van der Waals surface area contributed by atoms with Gasteiger partial charge in [0.05, 0.1) is 0 Å². The van der Waals surface area contributed by atoms with E-state index in [9.17, 15) is 0 Å². The normalized spacial score (nSPS) is 10.6. The van der Waals surface area contributed by atoms with Gasteiger partial charge in [0.25, 0.3) is 0 Å². The molecule has 1 aromatic carbocycles. The molecule has 0 saturated heterocycles. The average molecular weight is 251 g/mol. The zero-order chi connectivity index (χ0) is 11.9. The van der Waals surface area contributed by atoms with E-state index in [-0.39, 0.29) is 0 Å².